The lowest BCUT2D eigenvalue weighted by molar-refractivity contribution is 0.112. The Bertz CT molecular complexity index is 469. The van der Waals surface area contributed by atoms with Gasteiger partial charge in [-0.2, -0.15) is 5.26 Å². The van der Waals surface area contributed by atoms with Gasteiger partial charge in [0.1, 0.15) is 18.1 Å². The average Bonchev–Trinajstić information content (AvgIpc) is 2.54. The number of rotatable bonds is 1. The minimum Gasteiger partial charge on any atom is -0.491 e. The summed E-state index contributed by atoms with van der Waals surface area (Å²) in [6, 6.07) is 5.42. The lowest BCUT2D eigenvalue weighted by atomic mass is 9.85. The normalized spacial score (nSPS) is 16.3. The average molecular weight is 201 g/mol. The second-order valence-corrected chi connectivity index (χ2v) is 4.35. The molecule has 0 spiro atoms. The van der Waals surface area contributed by atoms with Gasteiger partial charge in [0.05, 0.1) is 12.2 Å². The number of hydrogen-bond donors (Lipinski definition) is 0. The van der Waals surface area contributed by atoms with Crippen LogP contribution < -0.4 is 4.74 Å². The van der Waals surface area contributed by atoms with Crippen molar-refractivity contribution in [1.82, 2.24) is 0 Å². The van der Waals surface area contributed by atoms with E-state index in [1.165, 1.54) is 0 Å². The van der Waals surface area contributed by atoms with Crippen molar-refractivity contribution in [3.05, 3.63) is 28.8 Å². The molecule has 1 aliphatic rings. The number of benzene rings is 1. The number of nitrogens with zero attached hydrogens (tertiary/aromatic N) is 1. The number of hydrogen-bond acceptors (Lipinski definition) is 3. The van der Waals surface area contributed by atoms with Crippen molar-refractivity contribution in [2.45, 2.75) is 19.3 Å². The zero-order valence-electron chi connectivity index (χ0n) is 8.70. The van der Waals surface area contributed by atoms with Crippen LogP contribution in [0.25, 0.3) is 0 Å². The molecular weight excluding hydrogens is 190 g/mol. The Balaban J connectivity index is 2.70. The number of carbonyl (C=O) groups excluding carboxylic acids is 1. The summed E-state index contributed by atoms with van der Waals surface area (Å²) >= 11 is 0. The highest BCUT2D eigenvalue weighted by molar-refractivity contribution is 5.78. The van der Waals surface area contributed by atoms with Crippen LogP contribution in [0.4, 0.5) is 0 Å². The quantitative estimate of drug-likeness (QED) is 0.653. The van der Waals surface area contributed by atoms with Crippen molar-refractivity contribution in [3.8, 4) is 11.8 Å². The summed E-state index contributed by atoms with van der Waals surface area (Å²) in [6.45, 7) is 4.63. The number of aldehydes is 1. The Morgan fingerprint density at radius 2 is 2.27 bits per heavy atom. The second kappa shape index (κ2) is 3.09. The molecule has 1 aliphatic heterocycles. The molecule has 2 rings (SSSR count). The molecule has 0 amide bonds. The van der Waals surface area contributed by atoms with Gasteiger partial charge in [-0.25, -0.2) is 0 Å². The molecule has 0 fully saturated rings. The fourth-order valence-corrected chi connectivity index (χ4v) is 1.79. The van der Waals surface area contributed by atoms with E-state index < -0.39 is 0 Å². The predicted octanol–water partition coefficient (Wildman–Crippen LogP) is 2.04. The van der Waals surface area contributed by atoms with E-state index in [0.717, 1.165) is 11.8 Å². The molecule has 0 radical (unpaired) electrons. The van der Waals surface area contributed by atoms with E-state index in [4.69, 9.17) is 10.00 Å². The van der Waals surface area contributed by atoms with E-state index >= 15 is 0 Å². The molecule has 0 atom stereocenters. The molecule has 0 unspecified atom stereocenters. The van der Waals surface area contributed by atoms with Gasteiger partial charge in [-0.1, -0.05) is 13.8 Å². The summed E-state index contributed by atoms with van der Waals surface area (Å²) in [7, 11) is 0. The first-order valence-corrected chi connectivity index (χ1v) is 4.75. The van der Waals surface area contributed by atoms with E-state index in [1.54, 1.807) is 12.1 Å². The highest BCUT2D eigenvalue weighted by atomic mass is 16.5. The number of nitriles is 1. The van der Waals surface area contributed by atoms with Crippen LogP contribution in [-0.4, -0.2) is 12.9 Å². The predicted molar refractivity (Wildman–Crippen MR) is 55.1 cm³/mol. The van der Waals surface area contributed by atoms with Gasteiger partial charge in [0, 0.05) is 16.5 Å². The van der Waals surface area contributed by atoms with E-state index in [1.807, 2.05) is 13.8 Å². The third-order valence-electron chi connectivity index (χ3n) is 2.67. The van der Waals surface area contributed by atoms with Crippen LogP contribution in [0.3, 0.4) is 0 Å². The van der Waals surface area contributed by atoms with Gasteiger partial charge in [0.25, 0.3) is 0 Å². The van der Waals surface area contributed by atoms with Gasteiger partial charge in [-0.05, 0) is 12.1 Å². The van der Waals surface area contributed by atoms with Crippen LogP contribution in [-0.2, 0) is 5.41 Å². The van der Waals surface area contributed by atoms with Crippen molar-refractivity contribution in [2.24, 2.45) is 0 Å². The first kappa shape index (κ1) is 9.72. The minimum atomic E-state index is -0.125. The Morgan fingerprint density at radius 1 is 1.53 bits per heavy atom. The first-order chi connectivity index (χ1) is 7.08. The monoisotopic (exact) mass is 201 g/mol. The van der Waals surface area contributed by atoms with Crippen LogP contribution >= 0.6 is 0 Å². The molecule has 0 N–H and O–H groups in total. The summed E-state index contributed by atoms with van der Waals surface area (Å²) in [6.07, 6.45) is 0.759. The third kappa shape index (κ3) is 1.39. The Kier molecular flexibility index (Phi) is 2.01. The second-order valence-electron chi connectivity index (χ2n) is 4.35. The SMILES string of the molecule is CC1(C)COc2c(C#N)cc(C=O)cc21. The van der Waals surface area contributed by atoms with Crippen LogP contribution in [0.15, 0.2) is 12.1 Å². The van der Waals surface area contributed by atoms with Crippen molar-refractivity contribution < 1.29 is 9.53 Å². The van der Waals surface area contributed by atoms with E-state index in [-0.39, 0.29) is 5.41 Å². The summed E-state index contributed by atoms with van der Waals surface area (Å²) in [5.74, 6) is 0.633. The minimum absolute atomic E-state index is 0.125. The molecule has 15 heavy (non-hydrogen) atoms. The molecule has 0 saturated carbocycles. The molecule has 0 aromatic heterocycles. The highest BCUT2D eigenvalue weighted by Gasteiger charge is 2.33. The molecular formula is C12H11NO2. The van der Waals surface area contributed by atoms with E-state index in [0.29, 0.717) is 23.5 Å². The molecule has 3 heteroatoms. The van der Waals surface area contributed by atoms with Crippen LogP contribution in [0.2, 0.25) is 0 Å². The lowest BCUT2D eigenvalue weighted by Crippen LogP contribution is -2.18. The van der Waals surface area contributed by atoms with Gasteiger partial charge in [-0.15, -0.1) is 0 Å². The molecule has 0 saturated heterocycles. The molecule has 0 bridgehead atoms. The molecule has 1 aromatic rings. The fourth-order valence-electron chi connectivity index (χ4n) is 1.79. The third-order valence-corrected chi connectivity index (χ3v) is 2.67. The first-order valence-electron chi connectivity index (χ1n) is 4.75. The summed E-state index contributed by atoms with van der Waals surface area (Å²) in [4.78, 5) is 10.7. The van der Waals surface area contributed by atoms with Gasteiger partial charge in [-0.3, -0.25) is 4.79 Å². The number of fused-ring (bicyclic) bond motifs is 1. The maximum absolute atomic E-state index is 10.7. The number of ether oxygens (including phenoxy) is 1. The van der Waals surface area contributed by atoms with Crippen molar-refractivity contribution in [3.63, 3.8) is 0 Å². The van der Waals surface area contributed by atoms with E-state index in [9.17, 15) is 4.79 Å². The van der Waals surface area contributed by atoms with Gasteiger partial charge in [0.15, 0.2) is 0 Å². The molecule has 3 nitrogen and oxygen atoms in total. The largest absolute Gasteiger partial charge is 0.491 e. The Hall–Kier alpha value is -1.82. The summed E-state index contributed by atoms with van der Waals surface area (Å²) < 4.78 is 5.50. The summed E-state index contributed by atoms with van der Waals surface area (Å²) in [5.41, 5.74) is 1.80. The lowest BCUT2D eigenvalue weighted by Gasteiger charge is -2.15. The van der Waals surface area contributed by atoms with E-state index in [2.05, 4.69) is 6.07 Å². The molecule has 76 valence electrons. The molecule has 1 heterocycles. The smallest absolute Gasteiger partial charge is 0.150 e. The highest BCUT2D eigenvalue weighted by Crippen LogP contribution is 2.40. The van der Waals surface area contributed by atoms with Gasteiger partial charge < -0.3 is 4.74 Å². The molecule has 0 aliphatic carbocycles. The fraction of sp³-hybridized carbons (Fsp3) is 0.333. The van der Waals surface area contributed by atoms with Gasteiger partial charge >= 0.3 is 0 Å². The van der Waals surface area contributed by atoms with Crippen molar-refractivity contribution >= 4 is 6.29 Å². The van der Waals surface area contributed by atoms with Crippen LogP contribution in [0, 0.1) is 11.3 Å². The topological polar surface area (TPSA) is 50.1 Å². The maximum atomic E-state index is 10.7. The Morgan fingerprint density at radius 3 is 2.87 bits per heavy atom. The van der Waals surface area contributed by atoms with Crippen LogP contribution in [0.5, 0.6) is 5.75 Å². The Labute approximate surface area is 88.3 Å². The number of carbonyl (C=O) groups is 1. The zero-order valence-corrected chi connectivity index (χ0v) is 8.70. The molecule has 1 aromatic carbocycles. The maximum Gasteiger partial charge on any atom is 0.150 e. The zero-order chi connectivity index (χ0) is 11.1. The van der Waals surface area contributed by atoms with Crippen molar-refractivity contribution in [2.75, 3.05) is 6.61 Å². The van der Waals surface area contributed by atoms with Crippen LogP contribution in [0.1, 0.15) is 35.3 Å². The van der Waals surface area contributed by atoms with Gasteiger partial charge in [0.2, 0.25) is 0 Å². The van der Waals surface area contributed by atoms with Crippen molar-refractivity contribution in [1.29, 1.82) is 5.26 Å². The standard InChI is InChI=1S/C12H11NO2/c1-12(2)7-15-11-9(5-13)3-8(6-14)4-10(11)12/h3-4,6H,7H2,1-2H3. The summed E-state index contributed by atoms with van der Waals surface area (Å²) in [5, 5.41) is 8.95.